The third kappa shape index (κ3) is 2.19. The van der Waals surface area contributed by atoms with Gasteiger partial charge in [0, 0.05) is 6.20 Å². The van der Waals surface area contributed by atoms with Crippen LogP contribution in [0.25, 0.3) is 0 Å². The molecule has 92 valence electrons. The first kappa shape index (κ1) is 12.2. The van der Waals surface area contributed by atoms with Crippen LogP contribution in [0.3, 0.4) is 0 Å². The number of benzene rings is 1. The maximum Gasteiger partial charge on any atom is 0.143 e. The van der Waals surface area contributed by atoms with Crippen molar-refractivity contribution in [3.05, 3.63) is 51.5 Å². The highest BCUT2D eigenvalue weighted by molar-refractivity contribution is 14.1. The van der Waals surface area contributed by atoms with Crippen molar-refractivity contribution < 1.29 is 0 Å². The van der Waals surface area contributed by atoms with Crippen molar-refractivity contribution in [3.8, 4) is 0 Å². The third-order valence-electron chi connectivity index (χ3n) is 3.13. The summed E-state index contributed by atoms with van der Waals surface area (Å²) < 4.78 is 1.00. The number of aromatic nitrogens is 2. The summed E-state index contributed by atoms with van der Waals surface area (Å²) in [5.41, 5.74) is 2.59. The summed E-state index contributed by atoms with van der Waals surface area (Å²) in [4.78, 5) is 8.25. The highest BCUT2D eigenvalue weighted by Gasteiger charge is 2.31. The van der Waals surface area contributed by atoms with Crippen LogP contribution in [0, 0.1) is 3.57 Å². The Morgan fingerprint density at radius 2 is 2.17 bits per heavy atom. The van der Waals surface area contributed by atoms with Gasteiger partial charge in [-0.05, 0) is 40.1 Å². The smallest absolute Gasteiger partial charge is 0.143 e. The maximum absolute atomic E-state index is 6.44. The van der Waals surface area contributed by atoms with Gasteiger partial charge in [0.15, 0.2) is 0 Å². The molecular weight excluding hydrogens is 361 g/mol. The molecule has 2 atom stereocenters. The molecule has 1 heterocycles. The lowest BCUT2D eigenvalue weighted by Gasteiger charge is -2.18. The summed E-state index contributed by atoms with van der Waals surface area (Å²) in [6, 6.07) is 8.49. The SMILES string of the molecule is ClC1Cc2ccccc2C1Nc1ncncc1I. The van der Waals surface area contributed by atoms with Gasteiger partial charge in [0.2, 0.25) is 0 Å². The average molecular weight is 372 g/mol. The van der Waals surface area contributed by atoms with Crippen molar-refractivity contribution in [2.24, 2.45) is 0 Å². The molecule has 0 aliphatic heterocycles. The van der Waals surface area contributed by atoms with E-state index in [0.717, 1.165) is 15.8 Å². The van der Waals surface area contributed by atoms with E-state index in [1.54, 1.807) is 12.5 Å². The molecule has 0 saturated heterocycles. The molecule has 0 fully saturated rings. The van der Waals surface area contributed by atoms with Gasteiger partial charge in [0.05, 0.1) is 15.0 Å². The van der Waals surface area contributed by atoms with Crippen molar-refractivity contribution in [2.45, 2.75) is 17.8 Å². The van der Waals surface area contributed by atoms with E-state index >= 15 is 0 Å². The zero-order valence-electron chi connectivity index (χ0n) is 9.48. The predicted molar refractivity (Wildman–Crippen MR) is 80.9 cm³/mol. The van der Waals surface area contributed by atoms with Crippen LogP contribution in [0.5, 0.6) is 0 Å². The largest absolute Gasteiger partial charge is 0.361 e. The summed E-state index contributed by atoms with van der Waals surface area (Å²) in [5.74, 6) is 0.845. The van der Waals surface area contributed by atoms with Crippen LogP contribution >= 0.6 is 34.2 Å². The summed E-state index contributed by atoms with van der Waals surface area (Å²) in [5, 5.41) is 3.49. The Morgan fingerprint density at radius 1 is 1.33 bits per heavy atom. The number of hydrogen-bond acceptors (Lipinski definition) is 3. The van der Waals surface area contributed by atoms with E-state index in [2.05, 4.69) is 56.1 Å². The maximum atomic E-state index is 6.44. The Labute approximate surface area is 124 Å². The van der Waals surface area contributed by atoms with Gasteiger partial charge in [0.1, 0.15) is 12.1 Å². The number of halogens is 2. The Kier molecular flexibility index (Phi) is 3.39. The minimum atomic E-state index is 0.0631. The fourth-order valence-electron chi connectivity index (χ4n) is 2.28. The number of alkyl halides is 1. The minimum Gasteiger partial charge on any atom is -0.361 e. The first-order chi connectivity index (χ1) is 8.75. The second-order valence-electron chi connectivity index (χ2n) is 4.26. The highest BCUT2D eigenvalue weighted by Crippen LogP contribution is 2.37. The van der Waals surface area contributed by atoms with Gasteiger partial charge in [-0.3, -0.25) is 0 Å². The van der Waals surface area contributed by atoms with Gasteiger partial charge in [-0.1, -0.05) is 24.3 Å². The molecule has 2 aromatic rings. The summed E-state index contributed by atoms with van der Waals surface area (Å²) in [6.07, 6.45) is 4.24. The molecular formula is C13H11ClIN3. The van der Waals surface area contributed by atoms with E-state index in [1.165, 1.54) is 11.1 Å². The van der Waals surface area contributed by atoms with Gasteiger partial charge < -0.3 is 5.32 Å². The number of hydrogen-bond donors (Lipinski definition) is 1. The van der Waals surface area contributed by atoms with Gasteiger partial charge in [-0.2, -0.15) is 0 Å². The van der Waals surface area contributed by atoms with E-state index in [9.17, 15) is 0 Å². The van der Waals surface area contributed by atoms with Crippen LogP contribution in [0.4, 0.5) is 5.82 Å². The van der Waals surface area contributed by atoms with Crippen LogP contribution in [0.15, 0.2) is 36.8 Å². The van der Waals surface area contributed by atoms with Crippen molar-refractivity contribution in [1.82, 2.24) is 9.97 Å². The van der Waals surface area contributed by atoms with Crippen molar-refractivity contribution in [3.63, 3.8) is 0 Å². The molecule has 0 amide bonds. The Morgan fingerprint density at radius 3 is 3.00 bits per heavy atom. The molecule has 18 heavy (non-hydrogen) atoms. The Hall–Kier alpha value is -0.880. The molecule has 3 rings (SSSR count). The van der Waals surface area contributed by atoms with Gasteiger partial charge in [-0.15, -0.1) is 11.6 Å². The monoisotopic (exact) mass is 371 g/mol. The Bertz CT molecular complexity index is 576. The van der Waals surface area contributed by atoms with Crippen LogP contribution < -0.4 is 5.32 Å². The second-order valence-corrected chi connectivity index (χ2v) is 5.98. The first-order valence-corrected chi connectivity index (χ1v) is 7.21. The molecule has 1 N–H and O–H groups in total. The molecule has 3 nitrogen and oxygen atoms in total. The molecule has 0 radical (unpaired) electrons. The number of rotatable bonds is 2. The first-order valence-electron chi connectivity index (χ1n) is 5.69. The van der Waals surface area contributed by atoms with Crippen LogP contribution in [-0.2, 0) is 6.42 Å². The zero-order valence-corrected chi connectivity index (χ0v) is 12.4. The number of fused-ring (bicyclic) bond motifs is 1. The summed E-state index contributed by atoms with van der Waals surface area (Å²) in [6.45, 7) is 0. The number of nitrogens with zero attached hydrogens (tertiary/aromatic N) is 2. The quantitative estimate of drug-likeness (QED) is 0.649. The molecule has 0 spiro atoms. The van der Waals surface area contributed by atoms with E-state index in [0.29, 0.717) is 0 Å². The van der Waals surface area contributed by atoms with Crippen molar-refractivity contribution in [1.29, 1.82) is 0 Å². The number of anilines is 1. The molecule has 1 aliphatic carbocycles. The average Bonchev–Trinajstić information content (AvgIpc) is 2.69. The summed E-state index contributed by atoms with van der Waals surface area (Å²) >= 11 is 8.66. The molecule has 0 bridgehead atoms. The molecule has 2 unspecified atom stereocenters. The molecule has 1 aromatic heterocycles. The lowest BCUT2D eigenvalue weighted by Crippen LogP contribution is -2.18. The lowest BCUT2D eigenvalue weighted by molar-refractivity contribution is 0.765. The fraction of sp³-hybridized carbons (Fsp3) is 0.231. The van der Waals surface area contributed by atoms with Crippen LogP contribution in [-0.4, -0.2) is 15.3 Å². The fourth-order valence-corrected chi connectivity index (χ4v) is 3.10. The van der Waals surface area contributed by atoms with E-state index in [4.69, 9.17) is 11.6 Å². The van der Waals surface area contributed by atoms with Crippen LogP contribution in [0.2, 0.25) is 0 Å². The molecule has 1 aromatic carbocycles. The lowest BCUT2D eigenvalue weighted by atomic mass is 10.1. The summed E-state index contributed by atoms with van der Waals surface area (Å²) in [7, 11) is 0. The van der Waals surface area contributed by atoms with Crippen molar-refractivity contribution in [2.75, 3.05) is 5.32 Å². The normalized spacial score (nSPS) is 21.7. The van der Waals surface area contributed by atoms with E-state index in [-0.39, 0.29) is 11.4 Å². The van der Waals surface area contributed by atoms with E-state index < -0.39 is 0 Å². The molecule has 0 saturated carbocycles. The highest BCUT2D eigenvalue weighted by atomic mass is 127. The third-order valence-corrected chi connectivity index (χ3v) is 4.32. The van der Waals surface area contributed by atoms with Crippen molar-refractivity contribution >= 4 is 40.0 Å². The second kappa shape index (κ2) is 5.01. The zero-order chi connectivity index (χ0) is 12.5. The van der Waals surface area contributed by atoms with Crippen LogP contribution in [0.1, 0.15) is 17.2 Å². The van der Waals surface area contributed by atoms with Gasteiger partial charge >= 0.3 is 0 Å². The van der Waals surface area contributed by atoms with Gasteiger partial charge in [-0.25, -0.2) is 9.97 Å². The topological polar surface area (TPSA) is 37.8 Å². The van der Waals surface area contributed by atoms with Gasteiger partial charge in [0.25, 0.3) is 0 Å². The van der Waals surface area contributed by atoms with E-state index in [1.807, 2.05) is 6.07 Å². The number of nitrogens with one attached hydrogen (secondary N) is 1. The standard InChI is InChI=1S/C13H11ClIN3/c14-10-5-8-3-1-2-4-9(8)12(10)18-13-11(15)6-16-7-17-13/h1-4,6-7,10,12H,5H2,(H,16,17,18). The minimum absolute atomic E-state index is 0.0631. The molecule has 1 aliphatic rings. The Balaban J connectivity index is 1.92. The molecule has 5 heteroatoms. The predicted octanol–water partition coefficient (Wildman–Crippen LogP) is 3.40.